The van der Waals surface area contributed by atoms with Gasteiger partial charge in [0.25, 0.3) is 0 Å². The first kappa shape index (κ1) is 10.9. The van der Waals surface area contributed by atoms with Gasteiger partial charge in [-0.05, 0) is 24.7 Å². The van der Waals surface area contributed by atoms with Crippen LogP contribution in [0.15, 0.2) is 4.99 Å². The second-order valence-corrected chi connectivity index (χ2v) is 5.95. The number of hydrogen-bond donors (Lipinski definition) is 1. The molecule has 3 atom stereocenters. The molecule has 1 saturated carbocycles. The van der Waals surface area contributed by atoms with Gasteiger partial charge in [0.2, 0.25) is 0 Å². The standard InChI is InChI=1S/C12H21NO2/c1-12(2,3)7-11-13-9-6-8(14)4-5-10(9)15-11/h8-10,14H,4-7H2,1-3H3. The van der Waals surface area contributed by atoms with Gasteiger partial charge in [0.1, 0.15) is 6.10 Å². The number of hydrogen-bond acceptors (Lipinski definition) is 3. The average molecular weight is 211 g/mol. The summed E-state index contributed by atoms with van der Waals surface area (Å²) in [7, 11) is 0. The molecule has 2 rings (SSSR count). The summed E-state index contributed by atoms with van der Waals surface area (Å²) in [6, 6.07) is 0.214. The Morgan fingerprint density at radius 2 is 2.13 bits per heavy atom. The lowest BCUT2D eigenvalue weighted by Gasteiger charge is -2.26. The molecular formula is C12H21NO2. The van der Waals surface area contributed by atoms with Crippen LogP contribution in [0.3, 0.4) is 0 Å². The van der Waals surface area contributed by atoms with E-state index in [0.717, 1.165) is 31.6 Å². The maximum absolute atomic E-state index is 9.55. The fourth-order valence-corrected chi connectivity index (χ4v) is 2.30. The fraction of sp³-hybridized carbons (Fsp3) is 0.917. The highest BCUT2D eigenvalue weighted by Crippen LogP contribution is 2.32. The summed E-state index contributed by atoms with van der Waals surface area (Å²) in [5.41, 5.74) is 0.227. The Balaban J connectivity index is 1.97. The van der Waals surface area contributed by atoms with Crippen molar-refractivity contribution in [2.24, 2.45) is 10.4 Å². The Bertz CT molecular complexity index is 267. The van der Waals surface area contributed by atoms with E-state index in [2.05, 4.69) is 25.8 Å². The Morgan fingerprint density at radius 1 is 1.40 bits per heavy atom. The number of nitrogens with zero attached hydrogens (tertiary/aromatic N) is 1. The number of aliphatic hydroxyl groups excluding tert-OH is 1. The van der Waals surface area contributed by atoms with Gasteiger partial charge in [-0.1, -0.05) is 20.8 Å². The van der Waals surface area contributed by atoms with Crippen molar-refractivity contribution < 1.29 is 9.84 Å². The number of fused-ring (bicyclic) bond motifs is 1. The van der Waals surface area contributed by atoms with Crippen molar-refractivity contribution in [3.63, 3.8) is 0 Å². The maximum Gasteiger partial charge on any atom is 0.184 e. The van der Waals surface area contributed by atoms with Crippen LogP contribution >= 0.6 is 0 Å². The van der Waals surface area contributed by atoms with Crippen LogP contribution in [0.4, 0.5) is 0 Å². The monoisotopic (exact) mass is 211 g/mol. The van der Waals surface area contributed by atoms with Crippen molar-refractivity contribution in [3.8, 4) is 0 Å². The lowest BCUT2D eigenvalue weighted by Crippen LogP contribution is -2.33. The lowest BCUT2D eigenvalue weighted by molar-refractivity contribution is 0.0605. The summed E-state index contributed by atoms with van der Waals surface area (Å²) in [5.74, 6) is 0.895. The minimum Gasteiger partial charge on any atom is -0.475 e. The van der Waals surface area contributed by atoms with E-state index in [4.69, 9.17) is 4.74 Å². The average Bonchev–Trinajstić information content (AvgIpc) is 2.42. The zero-order chi connectivity index (χ0) is 11.1. The highest BCUT2D eigenvalue weighted by Gasteiger charge is 2.37. The normalized spacial score (nSPS) is 35.7. The van der Waals surface area contributed by atoms with Gasteiger partial charge in [-0.2, -0.15) is 0 Å². The minimum absolute atomic E-state index is 0.174. The van der Waals surface area contributed by atoms with Crippen molar-refractivity contribution in [1.82, 2.24) is 0 Å². The predicted octanol–water partition coefficient (Wildman–Crippen LogP) is 2.13. The van der Waals surface area contributed by atoms with Crippen LogP contribution in [-0.2, 0) is 4.74 Å². The van der Waals surface area contributed by atoms with E-state index in [1.54, 1.807) is 0 Å². The summed E-state index contributed by atoms with van der Waals surface area (Å²) >= 11 is 0. The van der Waals surface area contributed by atoms with Crippen LogP contribution < -0.4 is 0 Å². The Morgan fingerprint density at radius 3 is 2.80 bits per heavy atom. The minimum atomic E-state index is -0.174. The van der Waals surface area contributed by atoms with Crippen molar-refractivity contribution in [2.45, 2.75) is 64.7 Å². The molecule has 0 amide bonds. The summed E-state index contributed by atoms with van der Waals surface area (Å²) in [6.07, 6.45) is 3.55. The summed E-state index contributed by atoms with van der Waals surface area (Å²) in [5, 5.41) is 9.55. The van der Waals surface area contributed by atoms with E-state index in [0.29, 0.717) is 0 Å². The molecule has 0 radical (unpaired) electrons. The molecule has 3 nitrogen and oxygen atoms in total. The van der Waals surface area contributed by atoms with Crippen LogP contribution in [0.2, 0.25) is 0 Å². The third kappa shape index (κ3) is 2.71. The Labute approximate surface area is 91.5 Å². The van der Waals surface area contributed by atoms with Gasteiger partial charge < -0.3 is 9.84 Å². The highest BCUT2D eigenvalue weighted by molar-refractivity contribution is 5.78. The molecular weight excluding hydrogens is 190 g/mol. The van der Waals surface area contributed by atoms with Crippen molar-refractivity contribution >= 4 is 5.90 Å². The van der Waals surface area contributed by atoms with Crippen molar-refractivity contribution in [3.05, 3.63) is 0 Å². The topological polar surface area (TPSA) is 41.8 Å². The van der Waals surface area contributed by atoms with E-state index < -0.39 is 0 Å². The van der Waals surface area contributed by atoms with Crippen molar-refractivity contribution in [2.75, 3.05) is 0 Å². The fourth-order valence-electron chi connectivity index (χ4n) is 2.30. The quantitative estimate of drug-likeness (QED) is 0.722. The van der Waals surface area contributed by atoms with E-state index in [1.807, 2.05) is 0 Å². The summed E-state index contributed by atoms with van der Waals surface area (Å²) in [4.78, 5) is 4.58. The molecule has 1 aliphatic carbocycles. The largest absolute Gasteiger partial charge is 0.475 e. The van der Waals surface area contributed by atoms with Gasteiger partial charge in [-0.15, -0.1) is 0 Å². The number of aliphatic hydroxyl groups is 1. The molecule has 0 spiro atoms. The van der Waals surface area contributed by atoms with Gasteiger partial charge in [-0.25, -0.2) is 4.99 Å². The molecule has 0 bridgehead atoms. The first-order valence-electron chi connectivity index (χ1n) is 5.85. The second kappa shape index (κ2) is 3.78. The summed E-state index contributed by atoms with van der Waals surface area (Å²) < 4.78 is 5.83. The van der Waals surface area contributed by atoms with Gasteiger partial charge in [0.05, 0.1) is 12.1 Å². The number of rotatable bonds is 1. The van der Waals surface area contributed by atoms with Crippen LogP contribution in [0.1, 0.15) is 46.5 Å². The molecule has 0 aromatic heterocycles. The molecule has 0 aromatic rings. The lowest BCUT2D eigenvalue weighted by atomic mass is 9.91. The van der Waals surface area contributed by atoms with E-state index >= 15 is 0 Å². The predicted molar refractivity (Wildman–Crippen MR) is 60.0 cm³/mol. The Kier molecular flexibility index (Phi) is 2.75. The maximum atomic E-state index is 9.55. The summed E-state index contributed by atoms with van der Waals surface area (Å²) in [6.45, 7) is 6.57. The third-order valence-corrected chi connectivity index (χ3v) is 3.01. The molecule has 1 N–H and O–H groups in total. The van der Waals surface area contributed by atoms with Gasteiger partial charge >= 0.3 is 0 Å². The molecule has 3 unspecified atom stereocenters. The smallest absolute Gasteiger partial charge is 0.184 e. The number of aliphatic imine (C=N–C) groups is 1. The third-order valence-electron chi connectivity index (χ3n) is 3.01. The molecule has 0 aromatic carbocycles. The molecule has 0 saturated heterocycles. The molecule has 1 aliphatic heterocycles. The van der Waals surface area contributed by atoms with Crippen LogP contribution in [0, 0.1) is 5.41 Å². The van der Waals surface area contributed by atoms with Gasteiger partial charge in [0, 0.05) is 6.42 Å². The van der Waals surface area contributed by atoms with E-state index in [9.17, 15) is 5.11 Å². The second-order valence-electron chi connectivity index (χ2n) is 5.95. The van der Waals surface area contributed by atoms with E-state index in [-0.39, 0.29) is 23.7 Å². The highest BCUT2D eigenvalue weighted by atomic mass is 16.5. The van der Waals surface area contributed by atoms with Gasteiger partial charge in [-0.3, -0.25) is 0 Å². The molecule has 86 valence electrons. The number of ether oxygens (including phenoxy) is 1. The molecule has 15 heavy (non-hydrogen) atoms. The first-order chi connectivity index (χ1) is 6.94. The van der Waals surface area contributed by atoms with E-state index in [1.165, 1.54) is 0 Å². The first-order valence-corrected chi connectivity index (χ1v) is 5.85. The van der Waals surface area contributed by atoms with Gasteiger partial charge in [0.15, 0.2) is 5.90 Å². The Hall–Kier alpha value is -0.570. The molecule has 1 heterocycles. The zero-order valence-electron chi connectivity index (χ0n) is 9.86. The SMILES string of the molecule is CC(C)(C)CC1=NC2CC(O)CCC2O1. The van der Waals surface area contributed by atoms with Crippen molar-refractivity contribution in [1.29, 1.82) is 0 Å². The molecule has 1 fully saturated rings. The zero-order valence-corrected chi connectivity index (χ0v) is 9.86. The van der Waals surface area contributed by atoms with Crippen LogP contribution in [-0.4, -0.2) is 29.3 Å². The molecule has 3 heteroatoms. The molecule has 2 aliphatic rings. The van der Waals surface area contributed by atoms with Crippen LogP contribution in [0.25, 0.3) is 0 Å². The van der Waals surface area contributed by atoms with Crippen LogP contribution in [0.5, 0.6) is 0 Å².